The second kappa shape index (κ2) is 6.22. The second-order valence-corrected chi connectivity index (χ2v) is 4.68. The van der Waals surface area contributed by atoms with Crippen LogP contribution in [0, 0.1) is 0 Å². The van der Waals surface area contributed by atoms with Crippen molar-refractivity contribution < 1.29 is 9.53 Å². The summed E-state index contributed by atoms with van der Waals surface area (Å²) in [6, 6.07) is 11.1. The molecule has 110 valence electrons. The summed E-state index contributed by atoms with van der Waals surface area (Å²) in [4.78, 5) is 20.3. The first-order chi connectivity index (χ1) is 10.8. The fourth-order valence-corrected chi connectivity index (χ4v) is 2.10. The molecule has 5 heteroatoms. The van der Waals surface area contributed by atoms with Crippen molar-refractivity contribution >= 4 is 17.8 Å². The Morgan fingerprint density at radius 1 is 1.14 bits per heavy atom. The highest BCUT2D eigenvalue weighted by Crippen LogP contribution is 2.17. The highest BCUT2D eigenvalue weighted by Gasteiger charge is 2.20. The van der Waals surface area contributed by atoms with Crippen LogP contribution in [0.15, 0.2) is 59.5 Å². The summed E-state index contributed by atoms with van der Waals surface area (Å²) in [7, 11) is 0. The van der Waals surface area contributed by atoms with Gasteiger partial charge in [0.15, 0.2) is 0 Å². The molecule has 0 saturated heterocycles. The maximum Gasteiger partial charge on any atom is 0.275 e. The molecular formula is C17H15N3O2. The largest absolute Gasteiger partial charge is 0.494 e. The van der Waals surface area contributed by atoms with Gasteiger partial charge in [-0.2, -0.15) is 0 Å². The molecule has 0 fully saturated rings. The van der Waals surface area contributed by atoms with E-state index in [1.165, 1.54) is 0 Å². The molecule has 0 spiro atoms. The minimum Gasteiger partial charge on any atom is -0.494 e. The Balaban J connectivity index is 1.84. The third kappa shape index (κ3) is 3.03. The van der Waals surface area contributed by atoms with E-state index in [1.807, 2.05) is 31.2 Å². The minimum absolute atomic E-state index is 0.208. The molecule has 0 unspecified atom stereocenters. The molecule has 1 aliphatic heterocycles. The number of hydrogen-bond acceptors (Lipinski definition) is 4. The van der Waals surface area contributed by atoms with Gasteiger partial charge in [0.25, 0.3) is 5.91 Å². The number of amidine groups is 1. The van der Waals surface area contributed by atoms with Crippen LogP contribution < -0.4 is 10.1 Å². The van der Waals surface area contributed by atoms with Gasteiger partial charge in [-0.15, -0.1) is 0 Å². The second-order valence-electron chi connectivity index (χ2n) is 4.68. The molecule has 1 amide bonds. The predicted octanol–water partition coefficient (Wildman–Crippen LogP) is 2.40. The molecule has 1 N–H and O–H groups in total. The molecule has 1 aromatic carbocycles. The maximum atomic E-state index is 12.0. The molecule has 3 rings (SSSR count). The summed E-state index contributed by atoms with van der Waals surface area (Å²) >= 11 is 0. The third-order valence-electron chi connectivity index (χ3n) is 3.15. The lowest BCUT2D eigenvalue weighted by molar-refractivity contribution is -0.115. The number of pyridine rings is 1. The lowest BCUT2D eigenvalue weighted by Crippen LogP contribution is -2.24. The van der Waals surface area contributed by atoms with Crippen molar-refractivity contribution in [2.75, 3.05) is 6.61 Å². The van der Waals surface area contributed by atoms with Gasteiger partial charge in [0.05, 0.1) is 6.61 Å². The van der Waals surface area contributed by atoms with Crippen molar-refractivity contribution in [2.45, 2.75) is 6.92 Å². The van der Waals surface area contributed by atoms with Crippen LogP contribution >= 0.6 is 0 Å². The monoisotopic (exact) mass is 293 g/mol. The van der Waals surface area contributed by atoms with E-state index in [1.54, 1.807) is 30.6 Å². The Labute approximate surface area is 128 Å². The van der Waals surface area contributed by atoms with E-state index in [4.69, 9.17) is 4.74 Å². The number of amides is 1. The van der Waals surface area contributed by atoms with E-state index in [0.29, 0.717) is 18.1 Å². The van der Waals surface area contributed by atoms with Crippen LogP contribution in [0.4, 0.5) is 0 Å². The summed E-state index contributed by atoms with van der Waals surface area (Å²) in [5.74, 6) is 1.15. The molecule has 0 atom stereocenters. The number of carbonyl (C=O) groups excluding carboxylic acids is 1. The van der Waals surface area contributed by atoms with Gasteiger partial charge in [0.2, 0.25) is 0 Å². The molecule has 0 bridgehead atoms. The van der Waals surface area contributed by atoms with Crippen molar-refractivity contribution in [3.05, 3.63) is 65.6 Å². The number of carbonyl (C=O) groups is 1. The Hall–Kier alpha value is -2.95. The SMILES string of the molecule is CCOc1ccc(/C=C2/N=C(c3ccncc3)NC2=O)cc1. The average molecular weight is 293 g/mol. The molecule has 1 aromatic heterocycles. The topological polar surface area (TPSA) is 63.6 Å². The van der Waals surface area contributed by atoms with Gasteiger partial charge < -0.3 is 10.1 Å². The van der Waals surface area contributed by atoms with Crippen LogP contribution in [0.2, 0.25) is 0 Å². The summed E-state index contributed by atoms with van der Waals surface area (Å²) in [6.07, 6.45) is 5.08. The van der Waals surface area contributed by atoms with Crippen molar-refractivity contribution in [1.82, 2.24) is 10.3 Å². The summed E-state index contributed by atoms with van der Waals surface area (Å²) in [5.41, 5.74) is 2.11. The van der Waals surface area contributed by atoms with Gasteiger partial charge in [-0.05, 0) is 42.8 Å². The zero-order chi connectivity index (χ0) is 15.4. The normalized spacial score (nSPS) is 15.6. The minimum atomic E-state index is -0.208. The molecule has 0 aliphatic carbocycles. The number of ether oxygens (including phenoxy) is 1. The molecule has 0 saturated carbocycles. The number of nitrogens with one attached hydrogen (secondary N) is 1. The van der Waals surface area contributed by atoms with Crippen LogP contribution in [0.3, 0.4) is 0 Å². The van der Waals surface area contributed by atoms with Gasteiger partial charge in [-0.3, -0.25) is 9.78 Å². The first-order valence-corrected chi connectivity index (χ1v) is 7.01. The lowest BCUT2D eigenvalue weighted by Gasteiger charge is -2.02. The number of rotatable bonds is 4. The van der Waals surface area contributed by atoms with Crippen LogP contribution in [-0.4, -0.2) is 23.3 Å². The van der Waals surface area contributed by atoms with E-state index in [0.717, 1.165) is 16.9 Å². The summed E-state index contributed by atoms with van der Waals surface area (Å²) in [5, 5.41) is 2.76. The van der Waals surface area contributed by atoms with Crippen molar-refractivity contribution in [3.8, 4) is 5.75 Å². The van der Waals surface area contributed by atoms with Crippen LogP contribution in [0.25, 0.3) is 6.08 Å². The highest BCUT2D eigenvalue weighted by atomic mass is 16.5. The first-order valence-electron chi connectivity index (χ1n) is 7.01. The maximum absolute atomic E-state index is 12.0. The molecule has 1 aliphatic rings. The quantitative estimate of drug-likeness (QED) is 0.880. The van der Waals surface area contributed by atoms with E-state index in [2.05, 4.69) is 15.3 Å². The lowest BCUT2D eigenvalue weighted by atomic mass is 10.2. The van der Waals surface area contributed by atoms with E-state index >= 15 is 0 Å². The molecule has 2 aromatic rings. The Morgan fingerprint density at radius 2 is 1.86 bits per heavy atom. The number of aromatic nitrogens is 1. The Morgan fingerprint density at radius 3 is 2.55 bits per heavy atom. The molecular weight excluding hydrogens is 278 g/mol. The highest BCUT2D eigenvalue weighted by molar-refractivity contribution is 6.19. The van der Waals surface area contributed by atoms with Crippen molar-refractivity contribution in [3.63, 3.8) is 0 Å². The van der Waals surface area contributed by atoms with Crippen LogP contribution in [0.1, 0.15) is 18.1 Å². The van der Waals surface area contributed by atoms with Crippen molar-refractivity contribution in [2.24, 2.45) is 4.99 Å². The molecule has 22 heavy (non-hydrogen) atoms. The summed E-state index contributed by atoms with van der Waals surface area (Å²) in [6.45, 7) is 2.57. The number of aliphatic imine (C=N–C) groups is 1. The molecule has 5 nitrogen and oxygen atoms in total. The Kier molecular flexibility index (Phi) is 3.96. The van der Waals surface area contributed by atoms with Crippen LogP contribution in [0.5, 0.6) is 5.75 Å². The predicted molar refractivity (Wildman–Crippen MR) is 84.5 cm³/mol. The van der Waals surface area contributed by atoms with Gasteiger partial charge in [0, 0.05) is 18.0 Å². The first kappa shape index (κ1) is 14.0. The smallest absolute Gasteiger partial charge is 0.275 e. The van der Waals surface area contributed by atoms with E-state index in [9.17, 15) is 4.79 Å². The third-order valence-corrected chi connectivity index (χ3v) is 3.15. The van der Waals surface area contributed by atoms with Gasteiger partial charge >= 0.3 is 0 Å². The fourth-order valence-electron chi connectivity index (χ4n) is 2.10. The van der Waals surface area contributed by atoms with Crippen molar-refractivity contribution in [1.29, 1.82) is 0 Å². The van der Waals surface area contributed by atoms with E-state index < -0.39 is 0 Å². The summed E-state index contributed by atoms with van der Waals surface area (Å²) < 4.78 is 5.39. The number of benzene rings is 1. The van der Waals surface area contributed by atoms with Crippen LogP contribution in [-0.2, 0) is 4.79 Å². The molecule has 2 heterocycles. The Bertz CT molecular complexity index is 734. The van der Waals surface area contributed by atoms with E-state index in [-0.39, 0.29) is 5.91 Å². The standard InChI is InChI=1S/C17H15N3O2/c1-2-22-14-5-3-12(4-6-14)11-15-17(21)20-16(19-15)13-7-9-18-10-8-13/h3-11H,2H2,1H3,(H,19,20,21)/b15-11+. The number of nitrogens with zero attached hydrogens (tertiary/aromatic N) is 2. The average Bonchev–Trinajstić information content (AvgIpc) is 2.91. The fraction of sp³-hybridized carbons (Fsp3) is 0.118. The molecule has 0 radical (unpaired) electrons. The number of hydrogen-bond donors (Lipinski definition) is 1. The van der Waals surface area contributed by atoms with Gasteiger partial charge in [-0.1, -0.05) is 12.1 Å². The van der Waals surface area contributed by atoms with Gasteiger partial charge in [0.1, 0.15) is 17.3 Å². The zero-order valence-corrected chi connectivity index (χ0v) is 12.1. The zero-order valence-electron chi connectivity index (χ0n) is 12.1. The van der Waals surface area contributed by atoms with Gasteiger partial charge in [-0.25, -0.2) is 4.99 Å².